The van der Waals surface area contributed by atoms with Gasteiger partial charge in [0.15, 0.2) is 5.82 Å². The third-order valence-corrected chi connectivity index (χ3v) is 5.88. The number of nitrogens with zero attached hydrogens (tertiary/aromatic N) is 3. The molecule has 1 aliphatic heterocycles. The van der Waals surface area contributed by atoms with Crippen LogP contribution in [0.4, 0.5) is 0 Å². The number of hydrogen-bond acceptors (Lipinski definition) is 6. The average Bonchev–Trinajstić information content (AvgIpc) is 3.29. The molecule has 0 saturated carbocycles. The van der Waals surface area contributed by atoms with E-state index in [4.69, 9.17) is 9.47 Å². The van der Waals surface area contributed by atoms with Crippen LogP contribution in [0, 0.1) is 0 Å². The van der Waals surface area contributed by atoms with Gasteiger partial charge in [-0.05, 0) is 61.9 Å². The Kier molecular flexibility index (Phi) is 4.59. The van der Waals surface area contributed by atoms with Gasteiger partial charge in [0.2, 0.25) is 4.96 Å². The zero-order valence-electron chi connectivity index (χ0n) is 16.5. The van der Waals surface area contributed by atoms with Crippen LogP contribution >= 0.6 is 11.3 Å². The fraction of sp³-hybridized carbons (Fsp3) is 0.174. The molecule has 1 unspecified atom stereocenters. The van der Waals surface area contributed by atoms with Gasteiger partial charge >= 0.3 is 0 Å². The molecule has 0 aliphatic carbocycles. The van der Waals surface area contributed by atoms with Gasteiger partial charge in [-0.3, -0.25) is 4.79 Å². The maximum atomic E-state index is 12.9. The number of hydrogen-bond donors (Lipinski definition) is 0. The molecule has 2 aromatic heterocycles. The zero-order valence-corrected chi connectivity index (χ0v) is 17.3. The quantitative estimate of drug-likeness (QED) is 0.508. The molecule has 4 aromatic rings. The normalized spacial score (nSPS) is 16.3. The van der Waals surface area contributed by atoms with Gasteiger partial charge in [-0.15, -0.1) is 5.10 Å². The minimum absolute atomic E-state index is 0.138. The maximum absolute atomic E-state index is 12.9. The van der Waals surface area contributed by atoms with E-state index in [0.717, 1.165) is 28.2 Å². The Balaban J connectivity index is 1.51. The van der Waals surface area contributed by atoms with Crippen LogP contribution in [-0.2, 0) is 0 Å². The van der Waals surface area contributed by atoms with Crippen molar-refractivity contribution in [3.05, 3.63) is 74.6 Å². The number of rotatable bonds is 4. The Hall–Kier alpha value is -3.45. The van der Waals surface area contributed by atoms with Crippen molar-refractivity contribution < 1.29 is 9.47 Å². The molecule has 0 saturated heterocycles. The van der Waals surface area contributed by atoms with Gasteiger partial charge in [-0.25, -0.2) is 0 Å². The smallest absolute Gasteiger partial charge is 0.291 e. The number of ether oxygens (including phenoxy) is 2. The Morgan fingerprint density at radius 1 is 1.20 bits per heavy atom. The van der Waals surface area contributed by atoms with Crippen molar-refractivity contribution in [2.75, 3.05) is 6.61 Å². The molecule has 7 heteroatoms. The molecule has 1 atom stereocenters. The number of thiazole rings is 1. The van der Waals surface area contributed by atoms with Crippen molar-refractivity contribution in [3.63, 3.8) is 0 Å². The molecule has 30 heavy (non-hydrogen) atoms. The molecular formula is C23H19N3O3S. The van der Waals surface area contributed by atoms with Gasteiger partial charge in [-0.1, -0.05) is 29.5 Å². The topological polar surface area (TPSA) is 65.7 Å². The predicted octanol–water partition coefficient (Wildman–Crippen LogP) is 3.58. The Bertz CT molecular complexity index is 1370. The second kappa shape index (κ2) is 7.42. The highest BCUT2D eigenvalue weighted by Gasteiger charge is 2.18. The molecule has 150 valence electrons. The van der Waals surface area contributed by atoms with Crippen LogP contribution in [0.1, 0.15) is 19.4 Å². The van der Waals surface area contributed by atoms with E-state index in [0.29, 0.717) is 21.9 Å². The van der Waals surface area contributed by atoms with Crippen molar-refractivity contribution in [2.24, 2.45) is 0 Å². The first-order chi connectivity index (χ1) is 14.6. The first-order valence-electron chi connectivity index (χ1n) is 9.74. The van der Waals surface area contributed by atoms with Crippen LogP contribution < -0.4 is 19.6 Å². The monoisotopic (exact) mass is 417 g/mol. The highest BCUT2D eigenvalue weighted by atomic mass is 32.1. The van der Waals surface area contributed by atoms with Crippen LogP contribution in [0.5, 0.6) is 11.5 Å². The fourth-order valence-corrected chi connectivity index (χ4v) is 4.30. The lowest BCUT2D eigenvalue weighted by Crippen LogP contribution is -2.26. The van der Waals surface area contributed by atoms with E-state index in [1.54, 1.807) is 0 Å². The molecule has 5 rings (SSSR count). The van der Waals surface area contributed by atoms with Gasteiger partial charge in [0.25, 0.3) is 5.56 Å². The summed E-state index contributed by atoms with van der Waals surface area (Å²) in [4.78, 5) is 18.0. The summed E-state index contributed by atoms with van der Waals surface area (Å²) in [7, 11) is 0. The Morgan fingerprint density at radius 3 is 2.77 bits per heavy atom. The molecular weight excluding hydrogens is 398 g/mol. The minimum Gasteiger partial charge on any atom is -0.494 e. The summed E-state index contributed by atoms with van der Waals surface area (Å²) < 4.78 is 13.4. The van der Waals surface area contributed by atoms with Gasteiger partial charge in [0.05, 0.1) is 11.1 Å². The number of fused-ring (bicyclic) bond motifs is 2. The summed E-state index contributed by atoms with van der Waals surface area (Å²) in [5.74, 6) is 2.17. The summed E-state index contributed by atoms with van der Waals surface area (Å²) in [6.07, 6.45) is 3.80. The summed E-state index contributed by atoms with van der Waals surface area (Å²) in [5, 5.41) is 4.42. The molecule has 0 spiro atoms. The third-order valence-electron chi connectivity index (χ3n) is 4.92. The second-order valence-corrected chi connectivity index (χ2v) is 7.95. The SMILES string of the molecule is CCOc1ccc(-c2nc3sc(=CC4=Cc5ccccc5OC4C)c(=O)n3n2)cc1. The number of aromatic nitrogens is 3. The second-order valence-electron chi connectivity index (χ2n) is 6.95. The maximum Gasteiger partial charge on any atom is 0.291 e. The summed E-state index contributed by atoms with van der Waals surface area (Å²) in [6.45, 7) is 4.53. The largest absolute Gasteiger partial charge is 0.494 e. The molecule has 0 bridgehead atoms. The van der Waals surface area contributed by atoms with Crippen LogP contribution in [0.25, 0.3) is 28.5 Å². The van der Waals surface area contributed by atoms with E-state index in [-0.39, 0.29) is 11.7 Å². The summed E-state index contributed by atoms with van der Waals surface area (Å²) >= 11 is 1.33. The van der Waals surface area contributed by atoms with Crippen molar-refractivity contribution in [2.45, 2.75) is 20.0 Å². The van der Waals surface area contributed by atoms with E-state index < -0.39 is 0 Å². The van der Waals surface area contributed by atoms with Crippen LogP contribution in [0.15, 0.2) is 58.9 Å². The Morgan fingerprint density at radius 2 is 2.00 bits per heavy atom. The van der Waals surface area contributed by atoms with Gasteiger partial charge in [0, 0.05) is 11.1 Å². The lowest BCUT2D eigenvalue weighted by atomic mass is 10.0. The number of benzene rings is 2. The first-order valence-corrected chi connectivity index (χ1v) is 10.6. The van der Waals surface area contributed by atoms with Crippen molar-refractivity contribution in [1.82, 2.24) is 14.6 Å². The third kappa shape index (κ3) is 3.27. The predicted molar refractivity (Wildman–Crippen MR) is 118 cm³/mol. The highest BCUT2D eigenvalue weighted by Crippen LogP contribution is 2.29. The highest BCUT2D eigenvalue weighted by molar-refractivity contribution is 7.15. The van der Waals surface area contributed by atoms with Crippen LogP contribution in [0.3, 0.4) is 0 Å². The minimum atomic E-state index is -0.174. The standard InChI is InChI=1S/C23H19N3O3S/c1-3-28-18-10-8-15(9-11-18)21-24-23-26(25-21)22(27)20(30-23)13-17-12-16-6-4-5-7-19(16)29-14(17)2/h4-14H,3H2,1-2H3. The molecule has 2 aromatic carbocycles. The molecule has 0 N–H and O–H groups in total. The van der Waals surface area contributed by atoms with E-state index in [1.807, 2.05) is 68.5 Å². The molecule has 0 fully saturated rings. The molecule has 3 heterocycles. The van der Waals surface area contributed by atoms with Crippen molar-refractivity contribution in [1.29, 1.82) is 0 Å². The fourth-order valence-electron chi connectivity index (χ4n) is 3.40. The average molecular weight is 417 g/mol. The molecule has 0 amide bonds. The summed E-state index contributed by atoms with van der Waals surface area (Å²) in [5.41, 5.74) is 2.62. The van der Waals surface area contributed by atoms with E-state index >= 15 is 0 Å². The lowest BCUT2D eigenvalue weighted by molar-refractivity contribution is 0.259. The van der Waals surface area contributed by atoms with Gasteiger partial charge in [0.1, 0.15) is 17.6 Å². The number of para-hydroxylation sites is 1. The van der Waals surface area contributed by atoms with Gasteiger partial charge < -0.3 is 9.47 Å². The van der Waals surface area contributed by atoms with Crippen molar-refractivity contribution >= 4 is 28.4 Å². The van der Waals surface area contributed by atoms with Crippen LogP contribution in [0.2, 0.25) is 0 Å². The molecule has 6 nitrogen and oxygen atoms in total. The first kappa shape index (κ1) is 18.6. The Labute approximate surface area is 176 Å². The molecule has 1 aliphatic rings. The van der Waals surface area contributed by atoms with Gasteiger partial charge in [-0.2, -0.15) is 9.50 Å². The van der Waals surface area contributed by atoms with Crippen LogP contribution in [-0.4, -0.2) is 27.3 Å². The van der Waals surface area contributed by atoms with E-state index in [2.05, 4.69) is 16.2 Å². The van der Waals surface area contributed by atoms with E-state index in [9.17, 15) is 4.79 Å². The van der Waals surface area contributed by atoms with E-state index in [1.165, 1.54) is 15.9 Å². The van der Waals surface area contributed by atoms with Crippen molar-refractivity contribution in [3.8, 4) is 22.9 Å². The lowest BCUT2D eigenvalue weighted by Gasteiger charge is -2.22. The summed E-state index contributed by atoms with van der Waals surface area (Å²) in [6, 6.07) is 15.4. The zero-order chi connectivity index (χ0) is 20.7. The molecule has 0 radical (unpaired) electrons.